The Morgan fingerprint density at radius 2 is 1.74 bits per heavy atom. The average Bonchev–Trinajstić information content (AvgIpc) is 3.39. The number of carbonyl (C=O) groups excluding carboxylic acids is 2. The summed E-state index contributed by atoms with van der Waals surface area (Å²) < 4.78 is 19.8. The van der Waals surface area contributed by atoms with Crippen molar-refractivity contribution in [2.24, 2.45) is 5.41 Å². The van der Waals surface area contributed by atoms with Crippen molar-refractivity contribution in [3.05, 3.63) is 123 Å². The highest BCUT2D eigenvalue weighted by Gasteiger charge is 2.44. The highest BCUT2D eigenvalue weighted by molar-refractivity contribution is 7.18. The number of carbonyl (C=O) groups is 2. The van der Waals surface area contributed by atoms with Crippen molar-refractivity contribution in [3.63, 3.8) is 0 Å². The van der Waals surface area contributed by atoms with E-state index in [-0.39, 0.29) is 11.6 Å². The molecule has 3 aliphatic heterocycles. The fourth-order valence-corrected chi connectivity index (χ4v) is 8.71. The molecule has 12 heteroatoms. The Labute approximate surface area is 317 Å². The van der Waals surface area contributed by atoms with E-state index in [0.717, 1.165) is 59.5 Å². The molecule has 0 aliphatic carbocycles. The topological polar surface area (TPSA) is 96.0 Å². The van der Waals surface area contributed by atoms with Crippen LogP contribution in [0.4, 0.5) is 27.3 Å². The smallest absolute Gasteiger partial charge is 0.267 e. The molecule has 2 amide bonds. The van der Waals surface area contributed by atoms with Gasteiger partial charge in [0.15, 0.2) is 0 Å². The van der Waals surface area contributed by atoms with E-state index < -0.39 is 11.7 Å². The Morgan fingerprint density at radius 3 is 2.43 bits per heavy atom. The second kappa shape index (κ2) is 15.7. The van der Waals surface area contributed by atoms with Crippen molar-refractivity contribution in [2.45, 2.75) is 33.1 Å². The van der Waals surface area contributed by atoms with Gasteiger partial charge in [-0.1, -0.05) is 48.0 Å². The van der Waals surface area contributed by atoms with Crippen LogP contribution in [0.2, 0.25) is 5.02 Å². The van der Waals surface area contributed by atoms with Gasteiger partial charge in [0, 0.05) is 60.5 Å². The van der Waals surface area contributed by atoms with Gasteiger partial charge < -0.3 is 19.9 Å². The second-order valence-corrected chi connectivity index (χ2v) is 15.1. The largest absolute Gasteiger partial charge is 0.381 e. The molecule has 2 N–H and O–H groups in total. The molecule has 0 bridgehead atoms. The first-order valence-electron chi connectivity index (χ1n) is 17.6. The van der Waals surface area contributed by atoms with Crippen LogP contribution in [0.25, 0.3) is 10.4 Å². The number of thiophene rings is 1. The lowest BCUT2D eigenvalue weighted by Gasteiger charge is -2.52. The number of nitrogens with zero attached hydrogens (tertiary/aromatic N) is 3. The van der Waals surface area contributed by atoms with Gasteiger partial charge >= 0.3 is 0 Å². The third-order valence-corrected chi connectivity index (χ3v) is 11.9. The number of anilines is 4. The lowest BCUT2D eigenvalue weighted by atomic mass is 9.73. The summed E-state index contributed by atoms with van der Waals surface area (Å²) in [6, 6.07) is 23.5. The minimum Gasteiger partial charge on any atom is -0.381 e. The molecule has 0 saturated carbocycles. The summed E-state index contributed by atoms with van der Waals surface area (Å²) in [7, 11) is 1.52. The number of pyridine rings is 1. The summed E-state index contributed by atoms with van der Waals surface area (Å²) in [5.41, 5.74) is 8.87. The predicted molar refractivity (Wildman–Crippen MR) is 210 cm³/mol. The number of para-hydroxylation sites is 2. The minimum absolute atomic E-state index is 0.135. The van der Waals surface area contributed by atoms with Crippen LogP contribution in [-0.2, 0) is 16.0 Å². The molecule has 1 spiro atoms. The van der Waals surface area contributed by atoms with E-state index in [0.29, 0.717) is 39.4 Å². The Morgan fingerprint density at radius 1 is 0.981 bits per heavy atom. The number of rotatable bonds is 6. The fourth-order valence-electron chi connectivity index (χ4n) is 7.10. The van der Waals surface area contributed by atoms with Gasteiger partial charge in [0.25, 0.3) is 11.8 Å². The first-order chi connectivity index (χ1) is 25.7. The number of nitrogens with one attached hydrogen (secondary N) is 2. The molecule has 0 unspecified atom stereocenters. The van der Waals surface area contributed by atoms with Gasteiger partial charge in [0.05, 0.1) is 29.2 Å². The number of hydrogen-bond acceptors (Lipinski definition) is 8. The number of amides is 2. The van der Waals surface area contributed by atoms with Crippen LogP contribution < -0.4 is 20.6 Å². The predicted octanol–water partition coefficient (Wildman–Crippen LogP) is 8.95. The highest BCUT2D eigenvalue weighted by Crippen LogP contribution is 2.46. The van der Waals surface area contributed by atoms with Gasteiger partial charge in [-0.3, -0.25) is 19.9 Å². The van der Waals surface area contributed by atoms with Crippen molar-refractivity contribution in [1.82, 2.24) is 4.98 Å². The summed E-state index contributed by atoms with van der Waals surface area (Å²) in [5.74, 6) is 0.0120. The fraction of sp³-hybridized carbons (Fsp3) is 0.293. The zero-order valence-corrected chi connectivity index (χ0v) is 31.5. The molecular formula is C41H41ClFN5O4S. The quantitative estimate of drug-likeness (QED) is 0.167. The van der Waals surface area contributed by atoms with Crippen molar-refractivity contribution < 1.29 is 23.6 Å². The number of aromatic nitrogens is 1. The first kappa shape index (κ1) is 36.5. The van der Waals surface area contributed by atoms with E-state index in [1.165, 1.54) is 42.9 Å². The van der Waals surface area contributed by atoms with Crippen LogP contribution in [0.3, 0.4) is 0 Å². The van der Waals surface area contributed by atoms with Crippen LogP contribution in [0, 0.1) is 25.1 Å². The van der Waals surface area contributed by atoms with Crippen LogP contribution >= 0.6 is 22.9 Å². The molecule has 5 heterocycles. The second-order valence-electron chi connectivity index (χ2n) is 13.7. The standard InChI is InChI=1S/C28H23ClFN3O3S.C13H18N2O/c1-16-6-5-8-21(30)24(16)31-27(34)26-23(29)20-14-15-33(22-9-4-3-7-19(22)25(20)37-26)28(35)17-10-12-18(13-11-17)32-36-2;1-11-2-3-12(14-8-11)15-9-13(10-15)4-6-16-7-5-13/h3-13,32H,14-15H2,1-2H3,(H,31,34);2-3,8H,4-7,9-10H2,1H3. The monoisotopic (exact) mass is 753 g/mol. The van der Waals surface area contributed by atoms with Gasteiger partial charge in [0.2, 0.25) is 0 Å². The lowest BCUT2D eigenvalue weighted by Crippen LogP contribution is -2.58. The SMILES string of the molecule is CONc1ccc(C(=O)N2CCc3c(sc(C(=O)Nc4c(C)cccc4F)c3Cl)-c3ccccc32)cc1.Cc1ccc(N2CC3(CCOCC3)C2)nc1. The van der Waals surface area contributed by atoms with E-state index >= 15 is 0 Å². The van der Waals surface area contributed by atoms with E-state index in [9.17, 15) is 14.0 Å². The number of halogens is 2. The molecule has 2 aromatic heterocycles. The van der Waals surface area contributed by atoms with Gasteiger partial charge in [0.1, 0.15) is 16.5 Å². The number of aryl methyl sites for hydroxylation is 2. The Bertz CT molecular complexity index is 2090. The van der Waals surface area contributed by atoms with E-state index in [2.05, 4.69) is 39.7 Å². The van der Waals surface area contributed by atoms with Crippen molar-refractivity contribution in [2.75, 3.05) is 60.6 Å². The van der Waals surface area contributed by atoms with Gasteiger partial charge in [-0.15, -0.1) is 11.3 Å². The van der Waals surface area contributed by atoms with Crippen LogP contribution in [0.5, 0.6) is 0 Å². The lowest BCUT2D eigenvalue weighted by molar-refractivity contribution is -0.000456. The van der Waals surface area contributed by atoms with Crippen LogP contribution in [0.1, 0.15) is 49.6 Å². The average molecular weight is 754 g/mol. The van der Waals surface area contributed by atoms with Crippen molar-refractivity contribution in [1.29, 1.82) is 0 Å². The molecule has 8 rings (SSSR count). The summed E-state index contributed by atoms with van der Waals surface area (Å²) in [6.07, 6.45) is 4.84. The van der Waals surface area contributed by atoms with Crippen molar-refractivity contribution >= 4 is 57.6 Å². The third-order valence-electron chi connectivity index (χ3n) is 10.1. The Balaban J connectivity index is 0.000000225. The van der Waals surface area contributed by atoms with Gasteiger partial charge in [-0.25, -0.2) is 9.37 Å². The van der Waals surface area contributed by atoms with Gasteiger partial charge in [-0.2, -0.15) is 0 Å². The molecule has 3 aliphatic rings. The summed E-state index contributed by atoms with van der Waals surface area (Å²) in [6.45, 7) is 8.38. The van der Waals surface area contributed by atoms with Crippen LogP contribution in [0.15, 0.2) is 85.1 Å². The molecule has 53 heavy (non-hydrogen) atoms. The molecule has 2 saturated heterocycles. The molecule has 0 radical (unpaired) electrons. The Kier molecular flexibility index (Phi) is 10.8. The zero-order valence-electron chi connectivity index (χ0n) is 29.9. The Hall–Kier alpha value is -4.81. The van der Waals surface area contributed by atoms with E-state index in [1.807, 2.05) is 30.5 Å². The molecule has 3 aromatic carbocycles. The number of fused-ring (bicyclic) bond motifs is 3. The minimum atomic E-state index is -0.506. The molecule has 0 atom stereocenters. The first-order valence-corrected chi connectivity index (χ1v) is 18.8. The molecule has 5 aromatic rings. The molecule has 274 valence electrons. The number of benzene rings is 3. The maximum atomic E-state index is 14.3. The summed E-state index contributed by atoms with van der Waals surface area (Å²) in [5, 5.41) is 3.00. The zero-order chi connectivity index (χ0) is 37.1. The normalized spacial score (nSPS) is 15.6. The molecule has 9 nitrogen and oxygen atoms in total. The maximum Gasteiger partial charge on any atom is 0.267 e. The maximum absolute atomic E-state index is 14.3. The van der Waals surface area contributed by atoms with E-state index in [4.69, 9.17) is 21.2 Å². The summed E-state index contributed by atoms with van der Waals surface area (Å²) >= 11 is 7.99. The van der Waals surface area contributed by atoms with Crippen LogP contribution in [-0.4, -0.2) is 56.8 Å². The highest BCUT2D eigenvalue weighted by atomic mass is 35.5. The number of ether oxygens (including phenoxy) is 1. The third kappa shape index (κ3) is 7.66. The molecule has 2 fully saturated rings. The number of hydrogen-bond donors (Lipinski definition) is 2. The van der Waals surface area contributed by atoms with Crippen molar-refractivity contribution in [3.8, 4) is 10.4 Å². The van der Waals surface area contributed by atoms with E-state index in [1.54, 1.807) is 48.2 Å². The van der Waals surface area contributed by atoms with Gasteiger partial charge in [-0.05, 0) is 92.3 Å². The summed E-state index contributed by atoms with van der Waals surface area (Å²) in [4.78, 5) is 41.3. The molecular weight excluding hydrogens is 713 g/mol.